The molecule has 0 amide bonds. The molecule has 0 aliphatic rings. The first-order valence-corrected chi connectivity index (χ1v) is 6.73. The smallest absolute Gasteiger partial charge is 0.0637 e. The number of methoxy groups -OCH3 is 2. The molecule has 4 heteroatoms. The van der Waals surface area contributed by atoms with Gasteiger partial charge in [0.15, 0.2) is 0 Å². The summed E-state index contributed by atoms with van der Waals surface area (Å²) in [5, 5.41) is 0. The van der Waals surface area contributed by atoms with Crippen LogP contribution in [0.1, 0.15) is 12.0 Å². The van der Waals surface area contributed by atoms with Crippen LogP contribution in [-0.2, 0) is 15.4 Å². The number of para-hydroxylation sites is 1. The lowest BCUT2D eigenvalue weighted by Gasteiger charge is -2.26. The van der Waals surface area contributed by atoms with E-state index in [2.05, 4.69) is 17.0 Å². The van der Waals surface area contributed by atoms with Crippen LogP contribution in [0.2, 0.25) is 0 Å². The second-order valence-electron chi connectivity index (χ2n) is 4.09. The van der Waals surface area contributed by atoms with Gasteiger partial charge in [-0.15, -0.1) is 11.6 Å². The van der Waals surface area contributed by atoms with Crippen molar-refractivity contribution in [1.82, 2.24) is 0 Å². The third-order valence-electron chi connectivity index (χ3n) is 2.82. The van der Waals surface area contributed by atoms with E-state index in [9.17, 15) is 0 Å². The maximum Gasteiger partial charge on any atom is 0.0637 e. The van der Waals surface area contributed by atoms with Gasteiger partial charge in [0.1, 0.15) is 0 Å². The Morgan fingerprint density at radius 3 is 2.44 bits per heavy atom. The zero-order valence-electron chi connectivity index (χ0n) is 11.2. The molecule has 0 N–H and O–H groups in total. The summed E-state index contributed by atoms with van der Waals surface area (Å²) in [6.07, 6.45) is 0.997. The molecule has 1 aromatic rings. The van der Waals surface area contributed by atoms with Crippen molar-refractivity contribution in [2.75, 3.05) is 45.4 Å². The van der Waals surface area contributed by atoms with Crippen molar-refractivity contribution in [3.8, 4) is 0 Å². The summed E-state index contributed by atoms with van der Waals surface area (Å²) in [5.41, 5.74) is 2.35. The van der Waals surface area contributed by atoms with E-state index in [0.717, 1.165) is 31.7 Å². The molecular weight excluding hydrogens is 250 g/mol. The van der Waals surface area contributed by atoms with E-state index in [1.165, 1.54) is 5.69 Å². The van der Waals surface area contributed by atoms with Crippen molar-refractivity contribution < 1.29 is 9.47 Å². The molecule has 0 spiro atoms. The molecule has 0 aliphatic heterocycles. The fourth-order valence-electron chi connectivity index (χ4n) is 1.89. The van der Waals surface area contributed by atoms with Crippen LogP contribution >= 0.6 is 11.6 Å². The molecule has 0 unspecified atom stereocenters. The number of hydrogen-bond donors (Lipinski definition) is 0. The zero-order valence-corrected chi connectivity index (χ0v) is 11.9. The molecule has 0 heterocycles. The summed E-state index contributed by atoms with van der Waals surface area (Å²) in [6, 6.07) is 8.24. The zero-order chi connectivity index (χ0) is 13.2. The van der Waals surface area contributed by atoms with Crippen molar-refractivity contribution in [2.45, 2.75) is 12.3 Å². The summed E-state index contributed by atoms with van der Waals surface area (Å²) in [5.74, 6) is 0.532. The van der Waals surface area contributed by atoms with Gasteiger partial charge in [0.05, 0.1) is 6.61 Å². The van der Waals surface area contributed by atoms with Gasteiger partial charge >= 0.3 is 0 Å². The van der Waals surface area contributed by atoms with E-state index in [1.54, 1.807) is 14.2 Å². The van der Waals surface area contributed by atoms with E-state index >= 15 is 0 Å². The molecule has 0 radical (unpaired) electrons. The molecule has 3 nitrogen and oxygen atoms in total. The largest absolute Gasteiger partial charge is 0.385 e. The van der Waals surface area contributed by atoms with E-state index in [4.69, 9.17) is 21.1 Å². The summed E-state index contributed by atoms with van der Waals surface area (Å²) in [6.45, 7) is 3.30. The number of benzene rings is 1. The number of nitrogens with zero attached hydrogens (tertiary/aromatic N) is 1. The number of halogens is 1. The quantitative estimate of drug-likeness (QED) is 0.509. The van der Waals surface area contributed by atoms with Crippen LogP contribution in [-0.4, -0.2) is 40.5 Å². The molecule has 1 aromatic carbocycles. The van der Waals surface area contributed by atoms with Crippen LogP contribution in [0.15, 0.2) is 24.3 Å². The predicted molar refractivity (Wildman–Crippen MR) is 76.6 cm³/mol. The highest BCUT2D eigenvalue weighted by Gasteiger charge is 2.09. The molecular formula is C14H22ClNO2. The van der Waals surface area contributed by atoms with Crippen molar-refractivity contribution >= 4 is 17.3 Å². The third-order valence-corrected chi connectivity index (χ3v) is 3.11. The molecule has 0 aliphatic carbocycles. The third kappa shape index (κ3) is 4.84. The molecule has 18 heavy (non-hydrogen) atoms. The normalized spacial score (nSPS) is 10.6. The van der Waals surface area contributed by atoms with E-state index in [1.807, 2.05) is 12.1 Å². The fourth-order valence-corrected chi connectivity index (χ4v) is 2.11. The Labute approximate surface area is 115 Å². The maximum absolute atomic E-state index is 5.99. The average Bonchev–Trinajstić information content (AvgIpc) is 2.42. The number of alkyl halides is 1. The van der Waals surface area contributed by atoms with Crippen LogP contribution in [0.3, 0.4) is 0 Å². The molecule has 1 rings (SSSR count). The Bertz CT molecular complexity index is 333. The van der Waals surface area contributed by atoms with Crippen molar-refractivity contribution in [3.63, 3.8) is 0 Å². The van der Waals surface area contributed by atoms with E-state index < -0.39 is 0 Å². The molecule has 0 bridgehead atoms. The van der Waals surface area contributed by atoms with Gasteiger partial charge in [-0.25, -0.2) is 0 Å². The summed E-state index contributed by atoms with van der Waals surface area (Å²) in [7, 11) is 3.45. The van der Waals surface area contributed by atoms with Gasteiger partial charge in [0.2, 0.25) is 0 Å². The number of hydrogen-bond acceptors (Lipinski definition) is 3. The van der Waals surface area contributed by atoms with Crippen molar-refractivity contribution in [3.05, 3.63) is 29.8 Å². The number of anilines is 1. The number of rotatable bonds is 9. The van der Waals surface area contributed by atoms with Gasteiger partial charge in [0, 0.05) is 45.5 Å². The summed E-state index contributed by atoms with van der Waals surface area (Å²) in [4.78, 5) is 2.31. The minimum atomic E-state index is 0.532. The maximum atomic E-state index is 5.99. The van der Waals surface area contributed by atoms with Gasteiger partial charge in [-0.2, -0.15) is 0 Å². The van der Waals surface area contributed by atoms with Gasteiger partial charge in [-0.3, -0.25) is 0 Å². The topological polar surface area (TPSA) is 21.7 Å². The van der Waals surface area contributed by atoms with E-state index in [-0.39, 0.29) is 0 Å². The Morgan fingerprint density at radius 2 is 1.78 bits per heavy atom. The van der Waals surface area contributed by atoms with Gasteiger partial charge < -0.3 is 14.4 Å². The minimum Gasteiger partial charge on any atom is -0.385 e. The first-order chi connectivity index (χ1) is 8.83. The monoisotopic (exact) mass is 271 g/mol. The molecule has 0 saturated heterocycles. The lowest BCUT2D eigenvalue weighted by Crippen LogP contribution is -2.29. The van der Waals surface area contributed by atoms with Crippen molar-refractivity contribution in [1.29, 1.82) is 0 Å². The van der Waals surface area contributed by atoms with Gasteiger partial charge in [-0.05, 0) is 18.1 Å². The molecule has 0 aromatic heterocycles. The second kappa shape index (κ2) is 9.20. The first kappa shape index (κ1) is 15.3. The van der Waals surface area contributed by atoms with Crippen LogP contribution < -0.4 is 4.90 Å². The van der Waals surface area contributed by atoms with E-state index in [0.29, 0.717) is 12.5 Å². The average molecular weight is 272 g/mol. The summed E-state index contributed by atoms with van der Waals surface area (Å²) >= 11 is 5.99. The molecule has 102 valence electrons. The highest BCUT2D eigenvalue weighted by Crippen LogP contribution is 2.22. The Kier molecular flexibility index (Phi) is 7.81. The Balaban J connectivity index is 2.72. The fraction of sp³-hybridized carbons (Fsp3) is 0.571. The first-order valence-electron chi connectivity index (χ1n) is 6.20. The Hall–Kier alpha value is -0.770. The van der Waals surface area contributed by atoms with Crippen LogP contribution in [0.5, 0.6) is 0 Å². The van der Waals surface area contributed by atoms with Gasteiger partial charge in [-0.1, -0.05) is 18.2 Å². The molecule has 0 saturated carbocycles. The summed E-state index contributed by atoms with van der Waals surface area (Å²) < 4.78 is 10.3. The number of ether oxygens (including phenoxy) is 2. The lowest BCUT2D eigenvalue weighted by atomic mass is 10.1. The SMILES string of the molecule is COCCCN(CCOC)c1ccccc1CCl. The van der Waals surface area contributed by atoms with Crippen LogP contribution in [0, 0.1) is 0 Å². The second-order valence-corrected chi connectivity index (χ2v) is 4.36. The Morgan fingerprint density at radius 1 is 1.06 bits per heavy atom. The highest BCUT2D eigenvalue weighted by atomic mass is 35.5. The molecule has 0 atom stereocenters. The molecule has 0 fully saturated rings. The highest BCUT2D eigenvalue weighted by molar-refractivity contribution is 6.17. The minimum absolute atomic E-state index is 0.532. The van der Waals surface area contributed by atoms with Gasteiger partial charge in [0.25, 0.3) is 0 Å². The van der Waals surface area contributed by atoms with Crippen molar-refractivity contribution in [2.24, 2.45) is 0 Å². The standard InChI is InChI=1S/C14H22ClNO2/c1-17-10-5-8-16(9-11-18-2)14-7-4-3-6-13(14)12-15/h3-4,6-7H,5,8-12H2,1-2H3. The van der Waals surface area contributed by atoms with Crippen LogP contribution in [0.4, 0.5) is 5.69 Å². The predicted octanol–water partition coefficient (Wildman–Crippen LogP) is 2.91. The van der Waals surface area contributed by atoms with Crippen LogP contribution in [0.25, 0.3) is 0 Å². The lowest BCUT2D eigenvalue weighted by molar-refractivity contribution is 0.191.